The SMILES string of the molecule is O=C1c2ccccc2CCC1C[NH+]1CCOCC1.[Cl-]. The Morgan fingerprint density at radius 3 is 2.74 bits per heavy atom. The third-order valence-corrected chi connectivity index (χ3v) is 4.15. The molecule has 1 aromatic rings. The molecule has 1 N–H and O–H groups in total. The van der Waals surface area contributed by atoms with Crippen molar-refractivity contribution in [3.8, 4) is 0 Å². The summed E-state index contributed by atoms with van der Waals surface area (Å²) in [5, 5.41) is 0. The molecule has 0 spiro atoms. The van der Waals surface area contributed by atoms with E-state index in [2.05, 4.69) is 6.07 Å². The van der Waals surface area contributed by atoms with E-state index in [4.69, 9.17) is 4.74 Å². The van der Waals surface area contributed by atoms with Gasteiger partial charge in [-0.05, 0) is 18.4 Å². The number of hydrogen-bond donors (Lipinski definition) is 1. The predicted octanol–water partition coefficient (Wildman–Crippen LogP) is -2.65. The van der Waals surface area contributed by atoms with Gasteiger partial charge in [0.2, 0.25) is 0 Å². The molecule has 104 valence electrons. The van der Waals surface area contributed by atoms with Gasteiger partial charge in [0.25, 0.3) is 0 Å². The van der Waals surface area contributed by atoms with E-state index in [9.17, 15) is 4.79 Å². The number of hydrogen-bond acceptors (Lipinski definition) is 2. The van der Waals surface area contributed by atoms with Crippen LogP contribution in [0.25, 0.3) is 0 Å². The maximum atomic E-state index is 12.4. The van der Waals surface area contributed by atoms with Crippen molar-refractivity contribution in [2.75, 3.05) is 32.8 Å². The molecule has 4 heteroatoms. The van der Waals surface area contributed by atoms with Gasteiger partial charge in [-0.15, -0.1) is 0 Å². The molecule has 1 aliphatic heterocycles. The van der Waals surface area contributed by atoms with Crippen LogP contribution in [0.1, 0.15) is 22.3 Å². The first-order valence-electron chi connectivity index (χ1n) is 6.88. The van der Waals surface area contributed by atoms with Crippen molar-refractivity contribution < 1.29 is 26.8 Å². The molecule has 19 heavy (non-hydrogen) atoms. The number of nitrogens with one attached hydrogen (secondary N) is 1. The number of ketones is 1. The monoisotopic (exact) mass is 281 g/mol. The number of Topliss-reactive ketones (excluding diaryl/α,β-unsaturated/α-hetero) is 1. The second-order valence-corrected chi connectivity index (χ2v) is 5.32. The fraction of sp³-hybridized carbons (Fsp3) is 0.533. The van der Waals surface area contributed by atoms with E-state index in [0.717, 1.165) is 51.3 Å². The van der Waals surface area contributed by atoms with Gasteiger partial charge in [0.1, 0.15) is 13.1 Å². The highest BCUT2D eigenvalue weighted by Gasteiger charge is 2.30. The summed E-state index contributed by atoms with van der Waals surface area (Å²) < 4.78 is 5.37. The number of benzene rings is 1. The van der Waals surface area contributed by atoms with E-state index >= 15 is 0 Å². The van der Waals surface area contributed by atoms with Crippen LogP contribution in [0, 0.1) is 5.92 Å². The summed E-state index contributed by atoms with van der Waals surface area (Å²) in [6.45, 7) is 4.76. The quantitative estimate of drug-likeness (QED) is 0.642. The Morgan fingerprint density at radius 2 is 1.95 bits per heavy atom. The molecule has 1 aliphatic carbocycles. The van der Waals surface area contributed by atoms with Crippen molar-refractivity contribution in [2.24, 2.45) is 5.92 Å². The lowest BCUT2D eigenvalue weighted by molar-refractivity contribution is -0.910. The molecule has 0 saturated carbocycles. The smallest absolute Gasteiger partial charge is 0.171 e. The van der Waals surface area contributed by atoms with Gasteiger partial charge in [-0.1, -0.05) is 24.3 Å². The summed E-state index contributed by atoms with van der Waals surface area (Å²) >= 11 is 0. The van der Waals surface area contributed by atoms with Crippen LogP contribution in [0.4, 0.5) is 0 Å². The van der Waals surface area contributed by atoms with Crippen LogP contribution < -0.4 is 17.3 Å². The molecule has 2 aliphatic rings. The number of ether oxygens (including phenoxy) is 1. The molecule has 0 aromatic heterocycles. The van der Waals surface area contributed by atoms with Crippen molar-refractivity contribution in [1.29, 1.82) is 0 Å². The molecule has 1 unspecified atom stereocenters. The Kier molecular flexibility index (Phi) is 4.97. The highest BCUT2D eigenvalue weighted by atomic mass is 35.5. The summed E-state index contributed by atoms with van der Waals surface area (Å²) in [5.41, 5.74) is 2.19. The first kappa shape index (κ1) is 14.5. The van der Waals surface area contributed by atoms with E-state index in [1.54, 1.807) is 0 Å². The largest absolute Gasteiger partial charge is 1.00 e. The number of rotatable bonds is 2. The zero-order chi connectivity index (χ0) is 12.4. The van der Waals surface area contributed by atoms with Crippen LogP contribution in [0.15, 0.2) is 24.3 Å². The van der Waals surface area contributed by atoms with Gasteiger partial charge in [0.05, 0.1) is 25.7 Å². The molecule has 3 rings (SSSR count). The summed E-state index contributed by atoms with van der Waals surface area (Å²) in [6.07, 6.45) is 2.07. The average Bonchev–Trinajstić information content (AvgIpc) is 2.43. The maximum Gasteiger partial charge on any atom is 0.171 e. The summed E-state index contributed by atoms with van der Waals surface area (Å²) in [5.74, 6) is 0.573. The summed E-state index contributed by atoms with van der Waals surface area (Å²) in [7, 11) is 0. The number of carbonyl (C=O) groups excluding carboxylic acids is 1. The van der Waals surface area contributed by atoms with Crippen molar-refractivity contribution in [2.45, 2.75) is 12.8 Å². The van der Waals surface area contributed by atoms with Crippen LogP contribution in [-0.2, 0) is 11.2 Å². The van der Waals surface area contributed by atoms with Crippen LogP contribution in [0.5, 0.6) is 0 Å². The minimum absolute atomic E-state index is 0. The molecule has 1 heterocycles. The molecule has 1 fully saturated rings. The third-order valence-electron chi connectivity index (χ3n) is 4.15. The standard InChI is InChI=1S/C15H19NO2.ClH/c17-15-13(11-16-7-9-18-10-8-16)6-5-12-3-1-2-4-14(12)15;/h1-4,13H,5-11H2;1H. The summed E-state index contributed by atoms with van der Waals surface area (Å²) in [4.78, 5) is 14.0. The van der Waals surface area contributed by atoms with Gasteiger partial charge >= 0.3 is 0 Å². The van der Waals surface area contributed by atoms with Gasteiger partial charge in [-0.3, -0.25) is 4.79 Å². The Labute approximate surface area is 120 Å². The van der Waals surface area contributed by atoms with Crippen molar-refractivity contribution in [1.82, 2.24) is 0 Å². The lowest BCUT2D eigenvalue weighted by atomic mass is 9.82. The predicted molar refractivity (Wildman–Crippen MR) is 69.0 cm³/mol. The average molecular weight is 282 g/mol. The van der Waals surface area contributed by atoms with Gasteiger partial charge in [0, 0.05) is 5.56 Å². The first-order chi connectivity index (χ1) is 8.84. The van der Waals surface area contributed by atoms with Gasteiger partial charge < -0.3 is 22.0 Å². The van der Waals surface area contributed by atoms with E-state index in [-0.39, 0.29) is 18.3 Å². The summed E-state index contributed by atoms with van der Waals surface area (Å²) in [6, 6.07) is 8.07. The molecular formula is C15H20ClNO2. The molecule has 0 radical (unpaired) electrons. The molecular weight excluding hydrogens is 262 g/mol. The van der Waals surface area contributed by atoms with Gasteiger partial charge in [-0.25, -0.2) is 0 Å². The topological polar surface area (TPSA) is 30.7 Å². The number of quaternary nitrogens is 1. The number of aryl methyl sites for hydroxylation is 1. The molecule has 3 nitrogen and oxygen atoms in total. The Morgan fingerprint density at radius 1 is 1.21 bits per heavy atom. The maximum absolute atomic E-state index is 12.4. The zero-order valence-corrected chi connectivity index (χ0v) is 11.8. The zero-order valence-electron chi connectivity index (χ0n) is 11.0. The second-order valence-electron chi connectivity index (χ2n) is 5.32. The molecule has 1 saturated heterocycles. The number of fused-ring (bicyclic) bond motifs is 1. The van der Waals surface area contributed by atoms with Crippen molar-refractivity contribution in [3.05, 3.63) is 35.4 Å². The fourth-order valence-corrected chi connectivity index (χ4v) is 3.07. The van der Waals surface area contributed by atoms with Gasteiger partial charge in [-0.2, -0.15) is 0 Å². The Hall–Kier alpha value is -0.900. The van der Waals surface area contributed by atoms with E-state index < -0.39 is 0 Å². The van der Waals surface area contributed by atoms with Crippen LogP contribution >= 0.6 is 0 Å². The molecule has 0 amide bonds. The van der Waals surface area contributed by atoms with Crippen molar-refractivity contribution >= 4 is 5.78 Å². The van der Waals surface area contributed by atoms with E-state index in [0.29, 0.717) is 5.78 Å². The number of carbonyl (C=O) groups is 1. The lowest BCUT2D eigenvalue weighted by Gasteiger charge is -2.29. The Balaban J connectivity index is 0.00000133. The third kappa shape index (κ3) is 3.16. The molecule has 1 atom stereocenters. The normalized spacial score (nSPS) is 23.6. The fourth-order valence-electron chi connectivity index (χ4n) is 3.07. The minimum Gasteiger partial charge on any atom is -1.00 e. The minimum atomic E-state index is 0. The van der Waals surface area contributed by atoms with Crippen molar-refractivity contribution in [3.63, 3.8) is 0 Å². The van der Waals surface area contributed by atoms with Gasteiger partial charge in [0.15, 0.2) is 5.78 Å². The van der Waals surface area contributed by atoms with Crippen LogP contribution in [0.3, 0.4) is 0 Å². The number of halogens is 1. The number of morpholine rings is 1. The lowest BCUT2D eigenvalue weighted by Crippen LogP contribution is -3.14. The highest BCUT2D eigenvalue weighted by Crippen LogP contribution is 2.24. The Bertz CT molecular complexity index is 444. The van der Waals surface area contributed by atoms with Crippen LogP contribution in [0.2, 0.25) is 0 Å². The van der Waals surface area contributed by atoms with Crippen LogP contribution in [-0.4, -0.2) is 38.6 Å². The molecule has 0 bridgehead atoms. The van der Waals surface area contributed by atoms with E-state index in [1.165, 1.54) is 10.5 Å². The highest BCUT2D eigenvalue weighted by molar-refractivity contribution is 6.00. The molecule has 1 aromatic carbocycles. The second kappa shape index (κ2) is 6.51. The van der Waals surface area contributed by atoms with E-state index in [1.807, 2.05) is 18.2 Å². The first-order valence-corrected chi connectivity index (χ1v) is 6.88.